The van der Waals surface area contributed by atoms with Crippen LogP contribution in [0.5, 0.6) is 0 Å². The van der Waals surface area contributed by atoms with Crippen LogP contribution in [0.15, 0.2) is 9.72 Å². The molecule has 0 aliphatic carbocycles. The molecule has 0 saturated heterocycles. The third-order valence-corrected chi connectivity index (χ3v) is 5.43. The quantitative estimate of drug-likeness (QED) is 0.868. The maximum absolute atomic E-state index is 12.3. The predicted octanol–water partition coefficient (Wildman–Crippen LogP) is 2.33. The van der Waals surface area contributed by atoms with Crippen molar-refractivity contribution >= 4 is 27.3 Å². The van der Waals surface area contributed by atoms with Crippen LogP contribution in [0.25, 0.3) is 0 Å². The summed E-state index contributed by atoms with van der Waals surface area (Å²) in [5.74, 6) is -1.35. The molecule has 2 N–H and O–H groups in total. The van der Waals surface area contributed by atoms with Crippen molar-refractivity contribution < 1.29 is 18.3 Å². The third-order valence-electron chi connectivity index (χ3n) is 2.36. The van der Waals surface area contributed by atoms with Gasteiger partial charge in [-0.3, -0.25) is 0 Å². The van der Waals surface area contributed by atoms with Crippen molar-refractivity contribution in [1.82, 2.24) is 9.71 Å². The molecule has 1 heterocycles. The van der Waals surface area contributed by atoms with Gasteiger partial charge in [-0.2, -0.15) is 0 Å². The lowest BCUT2D eigenvalue weighted by Gasteiger charge is -2.32. The van der Waals surface area contributed by atoms with Crippen molar-refractivity contribution in [3.05, 3.63) is 11.2 Å². The van der Waals surface area contributed by atoms with E-state index in [1.165, 1.54) is 5.51 Å². The fourth-order valence-electron chi connectivity index (χ4n) is 2.34. The summed E-state index contributed by atoms with van der Waals surface area (Å²) < 4.78 is 26.9. The highest BCUT2D eigenvalue weighted by Gasteiger charge is 2.33. The Morgan fingerprint density at radius 3 is 2.35 bits per heavy atom. The third kappa shape index (κ3) is 4.53. The van der Waals surface area contributed by atoms with Crippen LogP contribution in [0.4, 0.5) is 0 Å². The van der Waals surface area contributed by atoms with Gasteiger partial charge in [0.15, 0.2) is 9.90 Å². The number of hydrogen-bond acceptors (Lipinski definition) is 5. The van der Waals surface area contributed by atoms with Crippen molar-refractivity contribution in [2.75, 3.05) is 0 Å². The minimum atomic E-state index is -3.90. The zero-order valence-corrected chi connectivity index (χ0v) is 13.9. The summed E-state index contributed by atoms with van der Waals surface area (Å²) in [5.41, 5.74) is 0.0371. The molecule has 0 aliphatic rings. The Kier molecular flexibility index (Phi) is 4.62. The number of carboxylic acids is 1. The SMILES string of the molecule is CC(C)(C)CC(C)(C)NS(=O)(=O)c1scnc1C(=O)O. The first-order valence-electron chi connectivity index (χ1n) is 6.05. The Balaban J connectivity index is 3.07. The molecule has 0 fully saturated rings. The van der Waals surface area contributed by atoms with Gasteiger partial charge in [-0.1, -0.05) is 20.8 Å². The maximum Gasteiger partial charge on any atom is 0.356 e. The van der Waals surface area contributed by atoms with E-state index in [9.17, 15) is 13.2 Å². The predicted molar refractivity (Wildman–Crippen MR) is 77.5 cm³/mol. The summed E-state index contributed by atoms with van der Waals surface area (Å²) in [6.07, 6.45) is 0.612. The van der Waals surface area contributed by atoms with Gasteiger partial charge in [0.1, 0.15) is 0 Å². The van der Waals surface area contributed by atoms with Crippen molar-refractivity contribution in [1.29, 1.82) is 0 Å². The Morgan fingerprint density at radius 1 is 1.35 bits per heavy atom. The molecule has 1 aromatic rings. The number of thiazole rings is 1. The standard InChI is InChI=1S/C12H20N2O4S2/c1-11(2,3)6-12(4,5)14-20(17,18)10-8(9(15)16)13-7-19-10/h7,14H,6H2,1-5H3,(H,15,16). The van der Waals surface area contributed by atoms with Gasteiger partial charge in [0.2, 0.25) is 0 Å². The number of aromatic nitrogens is 1. The lowest BCUT2D eigenvalue weighted by molar-refractivity contribution is 0.0687. The van der Waals surface area contributed by atoms with Crippen LogP contribution in [0.2, 0.25) is 0 Å². The number of carboxylic acid groups (broad SMARTS) is 1. The molecule has 1 aromatic heterocycles. The van der Waals surface area contributed by atoms with Gasteiger partial charge in [-0.25, -0.2) is 22.9 Å². The molecule has 0 saturated carbocycles. The van der Waals surface area contributed by atoms with Crippen LogP contribution in [0.3, 0.4) is 0 Å². The fourth-order valence-corrected chi connectivity index (χ4v) is 4.89. The van der Waals surface area contributed by atoms with Crippen molar-refractivity contribution in [3.63, 3.8) is 0 Å². The molecule has 0 aliphatic heterocycles. The molecular formula is C12H20N2O4S2. The van der Waals surface area contributed by atoms with Gasteiger partial charge >= 0.3 is 5.97 Å². The van der Waals surface area contributed by atoms with Crippen LogP contribution in [-0.2, 0) is 10.0 Å². The topological polar surface area (TPSA) is 96.4 Å². The largest absolute Gasteiger partial charge is 0.476 e. The zero-order valence-electron chi connectivity index (χ0n) is 12.2. The van der Waals surface area contributed by atoms with Crippen LogP contribution in [0.1, 0.15) is 51.5 Å². The van der Waals surface area contributed by atoms with Gasteiger partial charge in [-0.05, 0) is 25.7 Å². The minimum Gasteiger partial charge on any atom is -0.476 e. The van der Waals surface area contributed by atoms with Crippen molar-refractivity contribution in [2.24, 2.45) is 5.41 Å². The summed E-state index contributed by atoms with van der Waals surface area (Å²) in [6, 6.07) is 0. The first kappa shape index (κ1) is 17.1. The lowest BCUT2D eigenvalue weighted by atomic mass is 9.82. The number of carbonyl (C=O) groups is 1. The van der Waals surface area contributed by atoms with Crippen LogP contribution in [-0.4, -0.2) is 30.0 Å². The van der Waals surface area contributed by atoms with Gasteiger partial charge in [0.05, 0.1) is 5.51 Å². The molecule has 0 radical (unpaired) electrons. The van der Waals surface area contributed by atoms with Crippen LogP contribution in [0, 0.1) is 5.41 Å². The minimum absolute atomic E-state index is 0.0602. The van der Waals surface area contributed by atoms with E-state index in [1.54, 1.807) is 13.8 Å². The number of nitrogens with one attached hydrogen (secondary N) is 1. The molecule has 0 unspecified atom stereocenters. The summed E-state index contributed by atoms with van der Waals surface area (Å²) in [5, 5.41) is 8.95. The molecule has 1 rings (SSSR count). The van der Waals surface area contributed by atoms with E-state index in [0.717, 1.165) is 11.3 Å². The Morgan fingerprint density at radius 2 is 1.90 bits per heavy atom. The van der Waals surface area contributed by atoms with E-state index in [2.05, 4.69) is 9.71 Å². The number of nitrogens with zero attached hydrogens (tertiary/aromatic N) is 1. The molecule has 8 heteroatoms. The molecule has 0 bridgehead atoms. The lowest BCUT2D eigenvalue weighted by Crippen LogP contribution is -2.45. The summed E-state index contributed by atoms with van der Waals surface area (Å²) in [6.45, 7) is 9.59. The highest BCUT2D eigenvalue weighted by Crippen LogP contribution is 2.29. The number of rotatable bonds is 5. The first-order valence-corrected chi connectivity index (χ1v) is 8.41. The van der Waals surface area contributed by atoms with Gasteiger partial charge in [-0.15, -0.1) is 11.3 Å². The highest BCUT2D eigenvalue weighted by atomic mass is 32.2. The highest BCUT2D eigenvalue weighted by molar-refractivity contribution is 7.91. The monoisotopic (exact) mass is 320 g/mol. The Labute approximate surface area is 123 Å². The van der Waals surface area contributed by atoms with Gasteiger partial charge in [0, 0.05) is 5.54 Å². The number of sulfonamides is 1. The number of aromatic carboxylic acids is 1. The summed E-state index contributed by atoms with van der Waals surface area (Å²) in [4.78, 5) is 14.6. The molecule has 0 aromatic carbocycles. The Hall–Kier alpha value is -0.990. The smallest absolute Gasteiger partial charge is 0.356 e. The average molecular weight is 320 g/mol. The van der Waals surface area contributed by atoms with E-state index in [4.69, 9.17) is 5.11 Å². The second-order valence-corrected chi connectivity index (χ2v) is 9.25. The molecule has 6 nitrogen and oxygen atoms in total. The molecular weight excluding hydrogens is 300 g/mol. The first-order chi connectivity index (χ1) is 8.84. The average Bonchev–Trinajstić information content (AvgIpc) is 2.58. The van der Waals surface area contributed by atoms with E-state index >= 15 is 0 Å². The van der Waals surface area contributed by atoms with Gasteiger partial charge in [0.25, 0.3) is 10.0 Å². The van der Waals surface area contributed by atoms with Gasteiger partial charge < -0.3 is 5.11 Å². The van der Waals surface area contributed by atoms with Crippen LogP contribution < -0.4 is 4.72 Å². The summed E-state index contributed by atoms with van der Waals surface area (Å²) in [7, 11) is -3.90. The normalized spacial score (nSPS) is 13.4. The maximum atomic E-state index is 12.3. The van der Waals surface area contributed by atoms with E-state index in [1.807, 2.05) is 20.8 Å². The molecule has 0 amide bonds. The van der Waals surface area contributed by atoms with Crippen molar-refractivity contribution in [3.8, 4) is 0 Å². The molecule has 0 spiro atoms. The van der Waals surface area contributed by atoms with E-state index < -0.39 is 27.2 Å². The van der Waals surface area contributed by atoms with E-state index in [-0.39, 0.29) is 9.62 Å². The van der Waals surface area contributed by atoms with Crippen LogP contribution >= 0.6 is 11.3 Å². The molecule has 114 valence electrons. The fraction of sp³-hybridized carbons (Fsp3) is 0.667. The summed E-state index contributed by atoms with van der Waals surface area (Å²) >= 11 is 0.801. The van der Waals surface area contributed by atoms with Crippen molar-refractivity contribution in [2.45, 2.75) is 50.8 Å². The molecule has 0 atom stereocenters. The second kappa shape index (κ2) is 5.42. The molecule has 20 heavy (non-hydrogen) atoms. The zero-order chi connectivity index (χ0) is 15.8. The Bertz CT molecular complexity index is 597. The second-order valence-electron chi connectivity index (χ2n) is 6.52. The van der Waals surface area contributed by atoms with E-state index in [0.29, 0.717) is 6.42 Å². The number of hydrogen-bond donors (Lipinski definition) is 2.